The Hall–Kier alpha value is -2.59. The van der Waals surface area contributed by atoms with Crippen LogP contribution in [0.15, 0.2) is 55.0 Å². The molecule has 1 aromatic carbocycles. The van der Waals surface area contributed by atoms with E-state index >= 15 is 0 Å². The van der Waals surface area contributed by atoms with Gasteiger partial charge < -0.3 is 4.90 Å². The number of Topliss-reactive ketones (excluding diaryl/α,β-unsaturated/α-hetero) is 1. The first-order valence-corrected chi connectivity index (χ1v) is 9.19. The van der Waals surface area contributed by atoms with E-state index in [1.165, 1.54) is 0 Å². The van der Waals surface area contributed by atoms with Gasteiger partial charge in [-0.2, -0.15) is 0 Å². The number of fused-ring (bicyclic) bond motifs is 1. The monoisotopic (exact) mass is 345 g/mol. The minimum absolute atomic E-state index is 0.186. The number of ketones is 1. The Morgan fingerprint density at radius 2 is 1.92 bits per heavy atom. The molecule has 0 atom stereocenters. The largest absolute Gasteiger partial charge is 0.306 e. The lowest BCUT2D eigenvalue weighted by Gasteiger charge is -2.27. The quantitative estimate of drug-likeness (QED) is 0.722. The van der Waals surface area contributed by atoms with Crippen LogP contribution in [0.4, 0.5) is 0 Å². The highest BCUT2D eigenvalue weighted by molar-refractivity contribution is 5.88. The summed E-state index contributed by atoms with van der Waals surface area (Å²) < 4.78 is 0. The van der Waals surface area contributed by atoms with Crippen molar-refractivity contribution in [3.63, 3.8) is 0 Å². The highest BCUT2D eigenvalue weighted by atomic mass is 16.1. The van der Waals surface area contributed by atoms with Crippen molar-refractivity contribution in [3.05, 3.63) is 60.7 Å². The Labute approximate surface area is 153 Å². The SMILES string of the molecule is CN1CCC(C(=O)Cc2cc3cc(-c4cccnc4)ccc3cn2)CC1. The molecule has 2 aromatic heterocycles. The van der Waals surface area contributed by atoms with Crippen LogP contribution in [0.3, 0.4) is 0 Å². The van der Waals surface area contributed by atoms with E-state index in [-0.39, 0.29) is 5.92 Å². The van der Waals surface area contributed by atoms with Gasteiger partial charge in [-0.3, -0.25) is 14.8 Å². The number of carbonyl (C=O) groups is 1. The van der Waals surface area contributed by atoms with Crippen molar-refractivity contribution in [2.24, 2.45) is 5.92 Å². The molecule has 4 rings (SSSR count). The number of rotatable bonds is 4. The molecule has 0 amide bonds. The van der Waals surface area contributed by atoms with E-state index in [9.17, 15) is 4.79 Å². The van der Waals surface area contributed by atoms with E-state index in [0.29, 0.717) is 12.2 Å². The third-order valence-electron chi connectivity index (χ3n) is 5.30. The van der Waals surface area contributed by atoms with E-state index < -0.39 is 0 Å². The predicted octanol–water partition coefficient (Wildman–Crippen LogP) is 3.75. The summed E-state index contributed by atoms with van der Waals surface area (Å²) in [4.78, 5) is 23.6. The summed E-state index contributed by atoms with van der Waals surface area (Å²) >= 11 is 0. The standard InChI is InChI=1S/C22H23N3O/c1-25-9-6-16(7-10-25)22(26)13-21-12-20-11-17(4-5-19(20)15-24-21)18-3-2-8-23-14-18/h2-5,8,11-12,14-16H,6-7,9-10,13H2,1H3. The third kappa shape index (κ3) is 3.65. The van der Waals surface area contributed by atoms with Crippen molar-refractivity contribution in [1.29, 1.82) is 0 Å². The van der Waals surface area contributed by atoms with Gasteiger partial charge in [-0.15, -0.1) is 0 Å². The molecule has 132 valence electrons. The highest BCUT2D eigenvalue weighted by Gasteiger charge is 2.23. The maximum atomic E-state index is 12.6. The zero-order valence-corrected chi connectivity index (χ0v) is 15.1. The summed E-state index contributed by atoms with van der Waals surface area (Å²) in [5.41, 5.74) is 3.09. The number of likely N-dealkylation sites (tertiary alicyclic amines) is 1. The number of piperidine rings is 1. The van der Waals surface area contributed by atoms with Crippen LogP contribution in [0.1, 0.15) is 18.5 Å². The average Bonchev–Trinajstić information content (AvgIpc) is 2.68. The van der Waals surface area contributed by atoms with E-state index in [0.717, 1.165) is 53.5 Å². The Balaban J connectivity index is 1.55. The van der Waals surface area contributed by atoms with Gasteiger partial charge in [0.1, 0.15) is 5.78 Å². The van der Waals surface area contributed by atoms with E-state index in [1.54, 1.807) is 6.20 Å². The summed E-state index contributed by atoms with van der Waals surface area (Å²) in [6.45, 7) is 2.02. The molecule has 3 aromatic rings. The molecule has 0 aliphatic carbocycles. The summed E-state index contributed by atoms with van der Waals surface area (Å²) in [7, 11) is 2.12. The fourth-order valence-corrected chi connectivity index (χ4v) is 3.65. The van der Waals surface area contributed by atoms with Gasteiger partial charge in [0, 0.05) is 47.6 Å². The molecule has 0 bridgehead atoms. The number of aromatic nitrogens is 2. The van der Waals surface area contributed by atoms with Gasteiger partial charge in [0.25, 0.3) is 0 Å². The lowest BCUT2D eigenvalue weighted by molar-refractivity contribution is -0.123. The molecule has 1 fully saturated rings. The Morgan fingerprint density at radius 1 is 1.08 bits per heavy atom. The molecular formula is C22H23N3O. The zero-order valence-electron chi connectivity index (χ0n) is 15.1. The molecule has 0 radical (unpaired) electrons. The summed E-state index contributed by atoms with van der Waals surface area (Å²) in [5.74, 6) is 0.513. The minimum atomic E-state index is 0.186. The van der Waals surface area contributed by atoms with Crippen LogP contribution >= 0.6 is 0 Å². The van der Waals surface area contributed by atoms with Crippen LogP contribution in [-0.2, 0) is 11.2 Å². The van der Waals surface area contributed by atoms with Crippen molar-refractivity contribution < 1.29 is 4.79 Å². The van der Waals surface area contributed by atoms with Crippen LogP contribution in [0, 0.1) is 5.92 Å². The molecule has 0 spiro atoms. The maximum absolute atomic E-state index is 12.6. The lowest BCUT2D eigenvalue weighted by atomic mass is 9.90. The Morgan fingerprint density at radius 3 is 2.69 bits per heavy atom. The van der Waals surface area contributed by atoms with Gasteiger partial charge in [0.2, 0.25) is 0 Å². The van der Waals surface area contributed by atoms with Gasteiger partial charge >= 0.3 is 0 Å². The van der Waals surface area contributed by atoms with Gasteiger partial charge in [-0.1, -0.05) is 18.2 Å². The molecule has 1 saturated heterocycles. The van der Waals surface area contributed by atoms with Gasteiger partial charge in [0.15, 0.2) is 0 Å². The van der Waals surface area contributed by atoms with Crippen molar-refractivity contribution >= 4 is 16.6 Å². The van der Waals surface area contributed by atoms with Gasteiger partial charge in [-0.25, -0.2) is 0 Å². The zero-order chi connectivity index (χ0) is 17.9. The average molecular weight is 345 g/mol. The number of hydrogen-bond donors (Lipinski definition) is 0. The fraction of sp³-hybridized carbons (Fsp3) is 0.318. The van der Waals surface area contributed by atoms with Crippen LogP contribution in [0.5, 0.6) is 0 Å². The third-order valence-corrected chi connectivity index (χ3v) is 5.30. The van der Waals surface area contributed by atoms with Crippen molar-refractivity contribution in [2.45, 2.75) is 19.3 Å². The second-order valence-electron chi connectivity index (χ2n) is 7.20. The minimum Gasteiger partial charge on any atom is -0.306 e. The lowest BCUT2D eigenvalue weighted by Crippen LogP contribution is -2.34. The molecule has 0 saturated carbocycles. The molecule has 26 heavy (non-hydrogen) atoms. The summed E-state index contributed by atoms with van der Waals surface area (Å²) in [6.07, 6.45) is 7.89. The molecule has 1 aliphatic heterocycles. The smallest absolute Gasteiger partial charge is 0.142 e. The van der Waals surface area contributed by atoms with Crippen LogP contribution in [-0.4, -0.2) is 40.8 Å². The van der Waals surface area contributed by atoms with E-state index in [4.69, 9.17) is 0 Å². The second kappa shape index (κ2) is 7.34. The topological polar surface area (TPSA) is 46.1 Å². The molecule has 4 nitrogen and oxygen atoms in total. The second-order valence-corrected chi connectivity index (χ2v) is 7.20. The van der Waals surface area contributed by atoms with Crippen molar-refractivity contribution in [2.75, 3.05) is 20.1 Å². The molecule has 1 aliphatic rings. The van der Waals surface area contributed by atoms with E-state index in [1.807, 2.05) is 18.5 Å². The van der Waals surface area contributed by atoms with Crippen molar-refractivity contribution in [3.8, 4) is 11.1 Å². The molecule has 3 heterocycles. The van der Waals surface area contributed by atoms with Gasteiger partial charge in [0.05, 0.1) is 0 Å². The first kappa shape index (κ1) is 16.9. The number of benzene rings is 1. The fourth-order valence-electron chi connectivity index (χ4n) is 3.65. The molecule has 4 heteroatoms. The van der Waals surface area contributed by atoms with Crippen LogP contribution in [0.2, 0.25) is 0 Å². The number of pyridine rings is 2. The number of hydrogen-bond acceptors (Lipinski definition) is 4. The van der Waals surface area contributed by atoms with Gasteiger partial charge in [-0.05, 0) is 62.1 Å². The highest BCUT2D eigenvalue weighted by Crippen LogP contribution is 2.25. The molecule has 0 unspecified atom stereocenters. The summed E-state index contributed by atoms with van der Waals surface area (Å²) in [6, 6.07) is 12.4. The molecular weight excluding hydrogens is 322 g/mol. The maximum Gasteiger partial charge on any atom is 0.142 e. The first-order valence-electron chi connectivity index (χ1n) is 9.19. The van der Waals surface area contributed by atoms with Crippen LogP contribution in [0.25, 0.3) is 21.9 Å². The van der Waals surface area contributed by atoms with Crippen molar-refractivity contribution in [1.82, 2.24) is 14.9 Å². The number of nitrogens with zero attached hydrogens (tertiary/aromatic N) is 3. The predicted molar refractivity (Wildman–Crippen MR) is 104 cm³/mol. The summed E-state index contributed by atoms with van der Waals surface area (Å²) in [5, 5.41) is 2.21. The molecule has 0 N–H and O–H groups in total. The van der Waals surface area contributed by atoms with Crippen LogP contribution < -0.4 is 0 Å². The first-order chi connectivity index (χ1) is 12.7. The Bertz CT molecular complexity index is 915. The Kier molecular flexibility index (Phi) is 4.76. The van der Waals surface area contributed by atoms with E-state index in [2.05, 4.69) is 52.2 Å². The number of carbonyl (C=O) groups excluding carboxylic acids is 1. The normalized spacial score (nSPS) is 16.0.